The Kier molecular flexibility index (Phi) is 4.35. The van der Waals surface area contributed by atoms with Crippen molar-refractivity contribution >= 4 is 21.9 Å². The van der Waals surface area contributed by atoms with Gasteiger partial charge in [-0.15, -0.1) is 0 Å². The van der Waals surface area contributed by atoms with E-state index in [0.29, 0.717) is 24.0 Å². The molecule has 1 N–H and O–H groups in total. The molecule has 6 heteroatoms. The molecule has 0 saturated heterocycles. The number of nitrogens with one attached hydrogen (secondary N) is 1. The van der Waals surface area contributed by atoms with E-state index in [2.05, 4.69) is 21.2 Å². The van der Waals surface area contributed by atoms with Gasteiger partial charge in [0.15, 0.2) is 11.5 Å². The summed E-state index contributed by atoms with van der Waals surface area (Å²) in [7, 11) is 0. The molecule has 3 rings (SSSR count). The Bertz CT molecular complexity index is 545. The minimum Gasteiger partial charge on any atom is -0.465 e. The molecule has 1 aromatic rings. The fraction of sp³-hybridized carbons (Fsp3) is 0.533. The van der Waals surface area contributed by atoms with Gasteiger partial charge in [0, 0.05) is 0 Å². The summed E-state index contributed by atoms with van der Waals surface area (Å²) in [5, 5.41) is 3.31. The van der Waals surface area contributed by atoms with E-state index < -0.39 is 6.04 Å². The van der Waals surface area contributed by atoms with Gasteiger partial charge in [-0.05, 0) is 65.9 Å². The van der Waals surface area contributed by atoms with Gasteiger partial charge in [-0.2, -0.15) is 0 Å². The Morgan fingerprint density at radius 1 is 1.48 bits per heavy atom. The fourth-order valence-electron chi connectivity index (χ4n) is 2.32. The van der Waals surface area contributed by atoms with E-state index in [0.717, 1.165) is 16.6 Å². The standard InChI is InChI=1S/C15H18BrNO4/c1-2-19-15(18)13(17-7-9-3-4-9)10-5-11(16)14-12(6-10)20-8-21-14/h5-6,9,13,17H,2-4,7-8H2,1H3. The lowest BCUT2D eigenvalue weighted by Gasteiger charge is -2.18. The van der Waals surface area contributed by atoms with Crippen LogP contribution in [0.1, 0.15) is 31.4 Å². The number of halogens is 1. The van der Waals surface area contributed by atoms with Gasteiger partial charge in [-0.25, -0.2) is 4.79 Å². The van der Waals surface area contributed by atoms with Crippen LogP contribution in [0.25, 0.3) is 0 Å². The second-order valence-electron chi connectivity index (χ2n) is 5.27. The lowest BCUT2D eigenvalue weighted by molar-refractivity contribution is -0.145. The summed E-state index contributed by atoms with van der Waals surface area (Å²) in [5.41, 5.74) is 0.824. The molecule has 1 saturated carbocycles. The van der Waals surface area contributed by atoms with Gasteiger partial charge in [-0.1, -0.05) is 0 Å². The molecule has 21 heavy (non-hydrogen) atoms. The van der Waals surface area contributed by atoms with Crippen molar-refractivity contribution in [1.29, 1.82) is 0 Å². The first-order valence-electron chi connectivity index (χ1n) is 7.18. The molecule has 1 fully saturated rings. The second kappa shape index (κ2) is 6.23. The number of benzene rings is 1. The lowest BCUT2D eigenvalue weighted by Crippen LogP contribution is -2.31. The Balaban J connectivity index is 1.83. The largest absolute Gasteiger partial charge is 0.465 e. The molecule has 1 aliphatic carbocycles. The maximum Gasteiger partial charge on any atom is 0.327 e. The number of fused-ring (bicyclic) bond motifs is 1. The van der Waals surface area contributed by atoms with Crippen molar-refractivity contribution in [3.05, 3.63) is 22.2 Å². The van der Waals surface area contributed by atoms with Gasteiger partial charge in [0.25, 0.3) is 0 Å². The molecule has 1 unspecified atom stereocenters. The number of ether oxygens (including phenoxy) is 3. The SMILES string of the molecule is CCOC(=O)C(NCC1CC1)c1cc(Br)c2c(c1)OCO2. The first kappa shape index (κ1) is 14.7. The number of hydrogen-bond acceptors (Lipinski definition) is 5. The minimum absolute atomic E-state index is 0.205. The first-order valence-corrected chi connectivity index (χ1v) is 7.97. The van der Waals surface area contributed by atoms with Crippen molar-refractivity contribution in [3.63, 3.8) is 0 Å². The number of carbonyl (C=O) groups excluding carboxylic acids is 1. The van der Waals surface area contributed by atoms with Gasteiger partial charge in [-0.3, -0.25) is 0 Å². The summed E-state index contributed by atoms with van der Waals surface area (Å²) in [6.45, 7) is 3.21. The van der Waals surface area contributed by atoms with Crippen molar-refractivity contribution < 1.29 is 19.0 Å². The van der Waals surface area contributed by atoms with E-state index in [1.54, 1.807) is 0 Å². The Labute approximate surface area is 132 Å². The first-order chi connectivity index (χ1) is 10.2. The molecule has 1 heterocycles. The summed E-state index contributed by atoms with van der Waals surface area (Å²) in [5.74, 6) is 1.76. The highest BCUT2D eigenvalue weighted by Crippen LogP contribution is 2.41. The molecule has 1 aliphatic heterocycles. The molecular formula is C15H18BrNO4. The molecule has 0 amide bonds. The predicted molar refractivity (Wildman–Crippen MR) is 80.4 cm³/mol. The van der Waals surface area contributed by atoms with Crippen molar-refractivity contribution in [2.24, 2.45) is 5.92 Å². The number of hydrogen-bond donors (Lipinski definition) is 1. The van der Waals surface area contributed by atoms with E-state index >= 15 is 0 Å². The van der Waals surface area contributed by atoms with Gasteiger partial charge in [0.2, 0.25) is 6.79 Å². The summed E-state index contributed by atoms with van der Waals surface area (Å²) < 4.78 is 16.8. The Morgan fingerprint density at radius 3 is 3.00 bits per heavy atom. The summed E-state index contributed by atoms with van der Waals surface area (Å²) in [6.07, 6.45) is 2.46. The second-order valence-corrected chi connectivity index (χ2v) is 6.13. The average Bonchev–Trinajstić information content (AvgIpc) is 3.15. The summed E-state index contributed by atoms with van der Waals surface area (Å²) >= 11 is 3.46. The zero-order valence-corrected chi connectivity index (χ0v) is 13.4. The topological polar surface area (TPSA) is 56.8 Å². The zero-order valence-electron chi connectivity index (χ0n) is 11.9. The molecule has 0 radical (unpaired) electrons. The zero-order chi connectivity index (χ0) is 14.8. The number of esters is 1. The van der Waals surface area contributed by atoms with Crippen LogP contribution in [0.2, 0.25) is 0 Å². The summed E-state index contributed by atoms with van der Waals surface area (Å²) in [4.78, 5) is 12.2. The number of rotatable bonds is 6. The van der Waals surface area contributed by atoms with Crippen molar-refractivity contribution in [2.45, 2.75) is 25.8 Å². The molecule has 0 spiro atoms. The fourth-order valence-corrected chi connectivity index (χ4v) is 2.90. The van der Waals surface area contributed by atoms with Crippen LogP contribution < -0.4 is 14.8 Å². The molecule has 0 aromatic heterocycles. The monoisotopic (exact) mass is 355 g/mol. The van der Waals surface area contributed by atoms with Gasteiger partial charge >= 0.3 is 5.97 Å². The molecule has 0 bridgehead atoms. The van der Waals surface area contributed by atoms with Crippen molar-refractivity contribution in [1.82, 2.24) is 5.32 Å². The third-order valence-electron chi connectivity index (χ3n) is 3.61. The van der Waals surface area contributed by atoms with Crippen molar-refractivity contribution in [2.75, 3.05) is 19.9 Å². The van der Waals surface area contributed by atoms with E-state index in [9.17, 15) is 4.79 Å². The van der Waals surface area contributed by atoms with Gasteiger partial charge in [0.05, 0.1) is 11.1 Å². The highest BCUT2D eigenvalue weighted by atomic mass is 79.9. The molecule has 1 aromatic carbocycles. The minimum atomic E-state index is -0.476. The van der Waals surface area contributed by atoms with Crippen molar-refractivity contribution in [3.8, 4) is 11.5 Å². The predicted octanol–water partition coefficient (Wildman–Crippen LogP) is 2.78. The van der Waals surface area contributed by atoms with Crippen LogP contribution >= 0.6 is 15.9 Å². The van der Waals surface area contributed by atoms with E-state index in [1.165, 1.54) is 12.8 Å². The normalized spacial score (nSPS) is 17.6. The van der Waals surface area contributed by atoms with Crippen LogP contribution in [0.5, 0.6) is 11.5 Å². The maximum atomic E-state index is 12.2. The van der Waals surface area contributed by atoms with E-state index in [1.807, 2.05) is 19.1 Å². The maximum absolute atomic E-state index is 12.2. The van der Waals surface area contributed by atoms with Crippen LogP contribution in [-0.2, 0) is 9.53 Å². The quantitative estimate of drug-likeness (QED) is 0.795. The molecule has 114 valence electrons. The molecule has 1 atom stereocenters. The van der Waals surface area contributed by atoms with E-state index in [4.69, 9.17) is 14.2 Å². The third-order valence-corrected chi connectivity index (χ3v) is 4.20. The van der Waals surface area contributed by atoms with Crippen LogP contribution in [0.15, 0.2) is 16.6 Å². The molecule has 5 nitrogen and oxygen atoms in total. The molecule has 2 aliphatic rings. The van der Waals surface area contributed by atoms with Crippen LogP contribution in [0.3, 0.4) is 0 Å². The Morgan fingerprint density at radius 2 is 2.29 bits per heavy atom. The van der Waals surface area contributed by atoms with Crippen LogP contribution in [0.4, 0.5) is 0 Å². The lowest BCUT2D eigenvalue weighted by atomic mass is 10.1. The smallest absolute Gasteiger partial charge is 0.327 e. The van der Waals surface area contributed by atoms with Gasteiger partial charge < -0.3 is 19.5 Å². The molecular weight excluding hydrogens is 338 g/mol. The van der Waals surface area contributed by atoms with Gasteiger partial charge in [0.1, 0.15) is 6.04 Å². The highest BCUT2D eigenvalue weighted by molar-refractivity contribution is 9.10. The summed E-state index contributed by atoms with van der Waals surface area (Å²) in [6, 6.07) is 3.25. The van der Waals surface area contributed by atoms with Crippen LogP contribution in [-0.4, -0.2) is 25.9 Å². The number of carbonyl (C=O) groups is 1. The Hall–Kier alpha value is -1.27. The third kappa shape index (κ3) is 3.32. The van der Waals surface area contributed by atoms with Crippen LogP contribution in [0, 0.1) is 5.92 Å². The average molecular weight is 356 g/mol. The highest BCUT2D eigenvalue weighted by Gasteiger charge is 2.29. The van der Waals surface area contributed by atoms with E-state index in [-0.39, 0.29) is 12.8 Å².